The largest absolute Gasteiger partial charge is 0.496 e. The summed E-state index contributed by atoms with van der Waals surface area (Å²) in [4.78, 5) is 16.9. The fourth-order valence-electron chi connectivity index (χ4n) is 2.96. The summed E-state index contributed by atoms with van der Waals surface area (Å²) >= 11 is 0. The highest BCUT2D eigenvalue weighted by molar-refractivity contribution is 6.04. The van der Waals surface area contributed by atoms with Gasteiger partial charge in [-0.15, -0.1) is 0 Å². The Morgan fingerprint density at radius 2 is 1.76 bits per heavy atom. The summed E-state index contributed by atoms with van der Waals surface area (Å²) in [6, 6.07) is 19.2. The Morgan fingerprint density at radius 3 is 2.45 bits per heavy atom. The minimum absolute atomic E-state index is 0.0790. The van der Waals surface area contributed by atoms with Crippen molar-refractivity contribution in [1.82, 2.24) is 4.98 Å². The first kappa shape index (κ1) is 20.4. The summed E-state index contributed by atoms with van der Waals surface area (Å²) < 4.78 is 5.37. The number of pyridine rings is 1. The topological polar surface area (TPSA) is 63.2 Å². The van der Waals surface area contributed by atoms with Crippen LogP contribution < -0.4 is 15.4 Å². The van der Waals surface area contributed by atoms with Gasteiger partial charge in [-0.3, -0.25) is 4.79 Å². The molecule has 0 saturated carbocycles. The van der Waals surface area contributed by atoms with E-state index in [4.69, 9.17) is 4.74 Å². The number of hydrogen-bond acceptors (Lipinski definition) is 4. The third-order valence-electron chi connectivity index (χ3n) is 4.68. The Bertz CT molecular complexity index is 976. The van der Waals surface area contributed by atoms with E-state index in [1.165, 1.54) is 5.56 Å². The number of rotatable bonds is 6. The lowest BCUT2D eigenvalue weighted by molar-refractivity contribution is 0.102. The van der Waals surface area contributed by atoms with E-state index >= 15 is 0 Å². The maximum Gasteiger partial charge on any atom is 0.255 e. The van der Waals surface area contributed by atoms with Crippen LogP contribution in [0.5, 0.6) is 5.75 Å². The van der Waals surface area contributed by atoms with Gasteiger partial charge in [-0.05, 0) is 41.3 Å². The number of ether oxygens (including phenoxy) is 1. The van der Waals surface area contributed by atoms with Crippen molar-refractivity contribution in [3.8, 4) is 5.75 Å². The van der Waals surface area contributed by atoms with E-state index in [9.17, 15) is 4.79 Å². The molecule has 1 heterocycles. The van der Waals surface area contributed by atoms with Gasteiger partial charge in [0.1, 0.15) is 11.6 Å². The smallest absolute Gasteiger partial charge is 0.255 e. The zero-order valence-electron chi connectivity index (χ0n) is 17.3. The van der Waals surface area contributed by atoms with E-state index in [1.807, 2.05) is 48.5 Å². The summed E-state index contributed by atoms with van der Waals surface area (Å²) in [6.45, 7) is 7.04. The number of carbonyl (C=O) groups is 1. The van der Waals surface area contributed by atoms with Gasteiger partial charge in [0.2, 0.25) is 0 Å². The molecule has 3 rings (SSSR count). The first-order valence-corrected chi connectivity index (χ1v) is 9.60. The first-order valence-electron chi connectivity index (χ1n) is 9.60. The van der Waals surface area contributed by atoms with Gasteiger partial charge in [-0.2, -0.15) is 0 Å². The molecule has 0 aliphatic heterocycles. The zero-order chi connectivity index (χ0) is 20.9. The van der Waals surface area contributed by atoms with Crippen LogP contribution >= 0.6 is 0 Å². The molecule has 2 aromatic carbocycles. The van der Waals surface area contributed by atoms with Crippen LogP contribution in [-0.4, -0.2) is 18.0 Å². The number of nitrogens with zero attached hydrogens (tertiary/aromatic N) is 1. The molecule has 0 saturated heterocycles. The van der Waals surface area contributed by atoms with Crippen molar-refractivity contribution in [2.45, 2.75) is 32.7 Å². The van der Waals surface area contributed by atoms with Crippen LogP contribution in [-0.2, 0) is 12.0 Å². The van der Waals surface area contributed by atoms with E-state index < -0.39 is 0 Å². The molecule has 0 fully saturated rings. The SMILES string of the molecule is COc1ccccc1CNc1cc(C(=O)Nc2ccc(C(C)(C)C)cc2)ccn1. The highest BCUT2D eigenvalue weighted by Crippen LogP contribution is 2.24. The Kier molecular flexibility index (Phi) is 6.17. The van der Waals surface area contributed by atoms with Gasteiger partial charge in [0.25, 0.3) is 5.91 Å². The van der Waals surface area contributed by atoms with Gasteiger partial charge in [-0.1, -0.05) is 51.1 Å². The van der Waals surface area contributed by atoms with Gasteiger partial charge < -0.3 is 15.4 Å². The van der Waals surface area contributed by atoms with Crippen molar-refractivity contribution >= 4 is 17.4 Å². The monoisotopic (exact) mass is 389 g/mol. The molecular formula is C24H27N3O2. The summed E-state index contributed by atoms with van der Waals surface area (Å²) in [5.41, 5.74) is 3.63. The maximum absolute atomic E-state index is 12.6. The highest BCUT2D eigenvalue weighted by atomic mass is 16.5. The van der Waals surface area contributed by atoms with Gasteiger partial charge >= 0.3 is 0 Å². The number of carbonyl (C=O) groups excluding carboxylic acids is 1. The summed E-state index contributed by atoms with van der Waals surface area (Å²) in [7, 11) is 1.65. The lowest BCUT2D eigenvalue weighted by Gasteiger charge is -2.19. The Balaban J connectivity index is 1.66. The zero-order valence-corrected chi connectivity index (χ0v) is 17.3. The second-order valence-corrected chi connectivity index (χ2v) is 7.88. The number of aromatic nitrogens is 1. The van der Waals surface area contributed by atoms with Crippen LogP contribution in [0.1, 0.15) is 42.3 Å². The van der Waals surface area contributed by atoms with Crippen LogP contribution in [0.4, 0.5) is 11.5 Å². The molecule has 0 aliphatic carbocycles. The lowest BCUT2D eigenvalue weighted by Crippen LogP contribution is -2.14. The van der Waals surface area contributed by atoms with Crippen LogP contribution in [0.15, 0.2) is 66.9 Å². The number of methoxy groups -OCH3 is 1. The average Bonchev–Trinajstić information content (AvgIpc) is 2.72. The molecule has 0 spiro atoms. The fourth-order valence-corrected chi connectivity index (χ4v) is 2.96. The third kappa shape index (κ3) is 5.35. The van der Waals surface area contributed by atoms with Gasteiger partial charge in [0.15, 0.2) is 0 Å². The van der Waals surface area contributed by atoms with Gasteiger partial charge in [0, 0.05) is 29.6 Å². The predicted octanol–water partition coefficient (Wildman–Crippen LogP) is 5.25. The van der Waals surface area contributed by atoms with E-state index in [2.05, 4.69) is 36.4 Å². The predicted molar refractivity (Wildman–Crippen MR) is 118 cm³/mol. The van der Waals surface area contributed by atoms with Crippen molar-refractivity contribution < 1.29 is 9.53 Å². The minimum atomic E-state index is -0.170. The fraction of sp³-hybridized carbons (Fsp3) is 0.250. The molecule has 0 radical (unpaired) electrons. The molecule has 29 heavy (non-hydrogen) atoms. The number of para-hydroxylation sites is 1. The maximum atomic E-state index is 12.6. The van der Waals surface area contributed by atoms with E-state index in [0.29, 0.717) is 17.9 Å². The van der Waals surface area contributed by atoms with Crippen LogP contribution in [0.25, 0.3) is 0 Å². The molecule has 1 aromatic heterocycles. The van der Waals surface area contributed by atoms with E-state index in [0.717, 1.165) is 17.0 Å². The van der Waals surface area contributed by atoms with E-state index in [1.54, 1.807) is 25.4 Å². The number of benzene rings is 2. The van der Waals surface area contributed by atoms with Crippen molar-refractivity contribution in [3.63, 3.8) is 0 Å². The van der Waals surface area contributed by atoms with Crippen molar-refractivity contribution in [1.29, 1.82) is 0 Å². The number of hydrogen-bond donors (Lipinski definition) is 2. The molecule has 0 aliphatic rings. The minimum Gasteiger partial charge on any atom is -0.496 e. The van der Waals surface area contributed by atoms with Crippen LogP contribution in [0.3, 0.4) is 0 Å². The van der Waals surface area contributed by atoms with Crippen molar-refractivity contribution in [2.24, 2.45) is 0 Å². The van der Waals surface area contributed by atoms with Gasteiger partial charge in [0.05, 0.1) is 7.11 Å². The molecule has 5 heteroatoms. The summed E-state index contributed by atoms with van der Waals surface area (Å²) in [5, 5.41) is 6.19. The molecule has 0 atom stereocenters. The quantitative estimate of drug-likeness (QED) is 0.604. The lowest BCUT2D eigenvalue weighted by atomic mass is 9.87. The van der Waals surface area contributed by atoms with Crippen LogP contribution in [0, 0.1) is 0 Å². The Labute approximate surface area is 172 Å². The van der Waals surface area contributed by atoms with Crippen LogP contribution in [0.2, 0.25) is 0 Å². The van der Waals surface area contributed by atoms with Crippen molar-refractivity contribution in [2.75, 3.05) is 17.7 Å². The van der Waals surface area contributed by atoms with E-state index in [-0.39, 0.29) is 11.3 Å². The molecule has 0 bridgehead atoms. The standard InChI is InChI=1S/C24H27N3O2/c1-24(2,3)19-9-11-20(12-10-19)27-23(28)17-13-14-25-22(15-17)26-16-18-7-5-6-8-21(18)29-4/h5-15H,16H2,1-4H3,(H,25,26)(H,27,28). The molecular weight excluding hydrogens is 362 g/mol. The summed E-state index contributed by atoms with van der Waals surface area (Å²) in [5.74, 6) is 1.27. The Hall–Kier alpha value is -3.34. The molecule has 3 aromatic rings. The first-order chi connectivity index (χ1) is 13.9. The normalized spacial score (nSPS) is 11.0. The second kappa shape index (κ2) is 8.78. The molecule has 1 amide bonds. The molecule has 5 nitrogen and oxygen atoms in total. The highest BCUT2D eigenvalue weighted by Gasteiger charge is 2.14. The number of amides is 1. The number of anilines is 2. The average molecular weight is 389 g/mol. The summed E-state index contributed by atoms with van der Waals surface area (Å²) in [6.07, 6.45) is 1.63. The molecule has 2 N–H and O–H groups in total. The van der Waals surface area contributed by atoms with Gasteiger partial charge in [-0.25, -0.2) is 4.98 Å². The Morgan fingerprint density at radius 1 is 1.03 bits per heavy atom. The van der Waals surface area contributed by atoms with Crippen molar-refractivity contribution in [3.05, 3.63) is 83.6 Å². The molecule has 150 valence electrons. The third-order valence-corrected chi connectivity index (χ3v) is 4.68. The number of nitrogens with one attached hydrogen (secondary N) is 2. The second-order valence-electron chi connectivity index (χ2n) is 7.88. The molecule has 0 unspecified atom stereocenters.